The number of carboxylic acid groups (broad SMARTS) is 1. The number of carbonyl (C=O) groups excluding carboxylic acids is 1. The van der Waals surface area contributed by atoms with Gasteiger partial charge in [0.25, 0.3) is 0 Å². The highest BCUT2D eigenvalue weighted by Gasteiger charge is 2.17. The number of nitrogens with zero attached hydrogens (tertiary/aromatic N) is 1. The van der Waals surface area contributed by atoms with Crippen LogP contribution in [-0.4, -0.2) is 28.4 Å². The molecule has 1 aromatic carbocycles. The van der Waals surface area contributed by atoms with E-state index < -0.39 is 5.97 Å². The molecule has 0 unspecified atom stereocenters. The van der Waals surface area contributed by atoms with Gasteiger partial charge in [-0.15, -0.1) is 0 Å². The van der Waals surface area contributed by atoms with Crippen molar-refractivity contribution in [1.82, 2.24) is 4.90 Å². The lowest BCUT2D eigenvalue weighted by molar-refractivity contribution is -0.144. The number of carbonyl (C=O) groups is 2. The Labute approximate surface area is 122 Å². The fraction of sp³-hybridized carbons (Fsp3) is 0.250. The first kappa shape index (κ1) is 14.8. The second-order valence-corrected chi connectivity index (χ2v) is 4.76. The van der Waals surface area contributed by atoms with E-state index in [0.29, 0.717) is 13.0 Å². The molecule has 1 heterocycles. The quantitative estimate of drug-likeness (QED) is 0.848. The monoisotopic (exact) mass is 287 g/mol. The van der Waals surface area contributed by atoms with Gasteiger partial charge < -0.3 is 14.4 Å². The molecule has 0 aliphatic heterocycles. The van der Waals surface area contributed by atoms with E-state index in [1.165, 1.54) is 4.90 Å². The second-order valence-electron chi connectivity index (χ2n) is 4.76. The van der Waals surface area contributed by atoms with Gasteiger partial charge in [-0.05, 0) is 23.6 Å². The summed E-state index contributed by atoms with van der Waals surface area (Å²) in [5.74, 6) is -1.19. The van der Waals surface area contributed by atoms with Crippen LogP contribution in [-0.2, 0) is 22.6 Å². The highest BCUT2D eigenvalue weighted by molar-refractivity contribution is 5.81. The fourth-order valence-electron chi connectivity index (χ4n) is 2.04. The Hall–Kier alpha value is -2.56. The number of furan rings is 1. The molecule has 0 fully saturated rings. The molecule has 0 aliphatic rings. The van der Waals surface area contributed by atoms with Crippen LogP contribution in [0.2, 0.25) is 0 Å². The van der Waals surface area contributed by atoms with E-state index >= 15 is 0 Å². The van der Waals surface area contributed by atoms with Crippen molar-refractivity contribution in [2.24, 2.45) is 0 Å². The summed E-state index contributed by atoms with van der Waals surface area (Å²) in [7, 11) is 0. The molecule has 1 N–H and O–H groups in total. The van der Waals surface area contributed by atoms with Crippen molar-refractivity contribution >= 4 is 11.9 Å². The van der Waals surface area contributed by atoms with Crippen LogP contribution >= 0.6 is 0 Å². The molecule has 0 saturated carbocycles. The summed E-state index contributed by atoms with van der Waals surface area (Å²) >= 11 is 0. The molecule has 0 saturated heterocycles. The number of rotatable bonds is 7. The third kappa shape index (κ3) is 4.80. The van der Waals surface area contributed by atoms with Crippen LogP contribution in [0.4, 0.5) is 0 Å². The van der Waals surface area contributed by atoms with Crippen molar-refractivity contribution in [3.05, 3.63) is 60.1 Å². The standard InChI is InChI=1S/C16H17NO4/c18-15(7-6-14-8-9-21-12-14)17(11-16(19)20)10-13-4-2-1-3-5-13/h1-5,8-9,12H,6-7,10-11H2,(H,19,20). The van der Waals surface area contributed by atoms with E-state index in [9.17, 15) is 9.59 Å². The van der Waals surface area contributed by atoms with E-state index in [1.807, 2.05) is 30.3 Å². The van der Waals surface area contributed by atoms with Crippen molar-refractivity contribution < 1.29 is 19.1 Å². The maximum Gasteiger partial charge on any atom is 0.323 e. The number of hydrogen-bond acceptors (Lipinski definition) is 3. The Bertz CT molecular complexity index is 578. The van der Waals surface area contributed by atoms with Gasteiger partial charge >= 0.3 is 5.97 Å². The summed E-state index contributed by atoms with van der Waals surface area (Å²) < 4.78 is 4.95. The predicted octanol–water partition coefficient (Wildman–Crippen LogP) is 2.33. The van der Waals surface area contributed by atoms with Crippen molar-refractivity contribution in [1.29, 1.82) is 0 Å². The number of carboxylic acids is 1. The lowest BCUT2D eigenvalue weighted by atomic mass is 10.1. The zero-order chi connectivity index (χ0) is 15.1. The molecule has 0 radical (unpaired) electrons. The average Bonchev–Trinajstić information content (AvgIpc) is 2.98. The fourth-order valence-corrected chi connectivity index (χ4v) is 2.04. The summed E-state index contributed by atoms with van der Waals surface area (Å²) in [6.45, 7) is 0.0104. The van der Waals surface area contributed by atoms with Gasteiger partial charge in [0.05, 0.1) is 12.5 Å². The van der Waals surface area contributed by atoms with Crippen LogP contribution in [0.25, 0.3) is 0 Å². The van der Waals surface area contributed by atoms with Crippen LogP contribution in [0.3, 0.4) is 0 Å². The molecule has 21 heavy (non-hydrogen) atoms. The van der Waals surface area contributed by atoms with Crippen molar-refractivity contribution in [2.45, 2.75) is 19.4 Å². The van der Waals surface area contributed by atoms with E-state index in [1.54, 1.807) is 18.6 Å². The lowest BCUT2D eigenvalue weighted by Crippen LogP contribution is -2.35. The predicted molar refractivity (Wildman–Crippen MR) is 76.5 cm³/mol. The molecule has 0 spiro atoms. The van der Waals surface area contributed by atoms with Crippen LogP contribution in [0.15, 0.2) is 53.3 Å². The maximum absolute atomic E-state index is 12.2. The van der Waals surface area contributed by atoms with Gasteiger partial charge in [-0.3, -0.25) is 9.59 Å². The summed E-state index contributed by atoms with van der Waals surface area (Å²) in [5, 5.41) is 8.95. The van der Waals surface area contributed by atoms with Gasteiger partial charge in [0, 0.05) is 13.0 Å². The molecule has 0 bridgehead atoms. The molecule has 110 valence electrons. The second kappa shape index (κ2) is 7.28. The number of hydrogen-bond donors (Lipinski definition) is 1. The molecule has 1 amide bonds. The van der Waals surface area contributed by atoms with E-state index in [-0.39, 0.29) is 18.9 Å². The number of benzene rings is 1. The average molecular weight is 287 g/mol. The number of aryl methyl sites for hydroxylation is 1. The molecule has 2 aromatic rings. The topological polar surface area (TPSA) is 70.8 Å². The Morgan fingerprint density at radius 1 is 1.10 bits per heavy atom. The summed E-state index contributed by atoms with van der Waals surface area (Å²) in [6.07, 6.45) is 3.95. The molecule has 5 heteroatoms. The minimum absolute atomic E-state index is 0.178. The normalized spacial score (nSPS) is 10.3. The Balaban J connectivity index is 1.97. The van der Waals surface area contributed by atoms with Crippen molar-refractivity contribution in [3.8, 4) is 0 Å². The van der Waals surface area contributed by atoms with Crippen LogP contribution in [0, 0.1) is 0 Å². The van der Waals surface area contributed by atoms with Crippen molar-refractivity contribution in [3.63, 3.8) is 0 Å². The van der Waals surface area contributed by atoms with E-state index in [0.717, 1.165) is 11.1 Å². The zero-order valence-corrected chi connectivity index (χ0v) is 11.6. The lowest BCUT2D eigenvalue weighted by Gasteiger charge is -2.20. The first-order chi connectivity index (χ1) is 10.1. The maximum atomic E-state index is 12.2. The molecular weight excluding hydrogens is 270 g/mol. The third-order valence-electron chi connectivity index (χ3n) is 3.10. The van der Waals surface area contributed by atoms with Crippen molar-refractivity contribution in [2.75, 3.05) is 6.54 Å². The Morgan fingerprint density at radius 2 is 1.86 bits per heavy atom. The zero-order valence-electron chi connectivity index (χ0n) is 11.6. The first-order valence-electron chi connectivity index (χ1n) is 6.69. The molecule has 0 aliphatic carbocycles. The molecule has 0 atom stereocenters. The number of aliphatic carboxylic acids is 1. The Morgan fingerprint density at radius 3 is 2.48 bits per heavy atom. The molecule has 2 rings (SSSR count). The minimum atomic E-state index is -1.01. The van der Waals surface area contributed by atoms with Crippen LogP contribution in [0.5, 0.6) is 0 Å². The smallest absolute Gasteiger partial charge is 0.323 e. The molecular formula is C16H17NO4. The van der Waals surface area contributed by atoms with Gasteiger partial charge in [-0.2, -0.15) is 0 Å². The third-order valence-corrected chi connectivity index (χ3v) is 3.10. The summed E-state index contributed by atoms with van der Waals surface area (Å²) in [6, 6.07) is 11.2. The highest BCUT2D eigenvalue weighted by atomic mass is 16.4. The summed E-state index contributed by atoms with van der Waals surface area (Å²) in [5.41, 5.74) is 1.84. The molecule has 5 nitrogen and oxygen atoms in total. The van der Waals surface area contributed by atoms with Gasteiger partial charge in [-0.1, -0.05) is 30.3 Å². The largest absolute Gasteiger partial charge is 0.480 e. The Kier molecular flexibility index (Phi) is 5.15. The summed E-state index contributed by atoms with van der Waals surface area (Å²) in [4.78, 5) is 24.5. The van der Waals surface area contributed by atoms with E-state index in [2.05, 4.69) is 0 Å². The first-order valence-corrected chi connectivity index (χ1v) is 6.69. The van der Waals surface area contributed by atoms with E-state index in [4.69, 9.17) is 9.52 Å². The van der Waals surface area contributed by atoms with Crippen LogP contribution in [0.1, 0.15) is 17.5 Å². The van der Waals surface area contributed by atoms with Gasteiger partial charge in [-0.25, -0.2) is 0 Å². The SMILES string of the molecule is O=C(O)CN(Cc1ccccc1)C(=O)CCc1ccoc1. The highest BCUT2D eigenvalue weighted by Crippen LogP contribution is 2.09. The minimum Gasteiger partial charge on any atom is -0.480 e. The number of amides is 1. The van der Waals surface area contributed by atoms with Gasteiger partial charge in [0.2, 0.25) is 5.91 Å². The van der Waals surface area contributed by atoms with Gasteiger partial charge in [0.15, 0.2) is 0 Å². The van der Waals surface area contributed by atoms with Crippen LogP contribution < -0.4 is 0 Å². The molecule has 1 aromatic heterocycles. The van der Waals surface area contributed by atoms with Gasteiger partial charge in [0.1, 0.15) is 6.54 Å².